The molecule has 0 aliphatic heterocycles. The van der Waals surface area contributed by atoms with Gasteiger partial charge in [0.05, 0.1) is 5.54 Å². The Labute approximate surface area is 94.6 Å². The topological polar surface area (TPSA) is 12.0 Å². The van der Waals surface area contributed by atoms with Crippen molar-refractivity contribution in [1.29, 1.82) is 0 Å². The zero-order valence-electron chi connectivity index (χ0n) is 8.97. The van der Waals surface area contributed by atoms with Crippen LogP contribution in [0.2, 0.25) is 0 Å². The molecule has 0 fully saturated rings. The van der Waals surface area contributed by atoms with Crippen molar-refractivity contribution in [2.45, 2.75) is 19.4 Å². The van der Waals surface area contributed by atoms with E-state index < -0.39 is 40.3 Å². The van der Waals surface area contributed by atoms with Crippen LogP contribution >= 0.6 is 0 Å². The molecule has 92 valence electrons. The van der Waals surface area contributed by atoms with Crippen molar-refractivity contribution in [3.05, 3.63) is 29.1 Å². The summed E-state index contributed by atoms with van der Waals surface area (Å²) in [5, 5.41) is 2.08. The number of anilines is 1. The van der Waals surface area contributed by atoms with Crippen molar-refractivity contribution >= 4 is 5.69 Å². The lowest BCUT2D eigenvalue weighted by molar-refractivity contribution is 0.380. The van der Waals surface area contributed by atoms with Crippen LogP contribution in [0.5, 0.6) is 0 Å². The van der Waals surface area contributed by atoms with Gasteiger partial charge in [0.1, 0.15) is 5.69 Å². The van der Waals surface area contributed by atoms with Gasteiger partial charge in [0, 0.05) is 0 Å². The number of rotatable bonds is 2. The molecule has 1 rings (SSSR count). The van der Waals surface area contributed by atoms with Gasteiger partial charge in [-0.2, -0.15) is 0 Å². The number of halogens is 5. The van der Waals surface area contributed by atoms with Gasteiger partial charge in [0.15, 0.2) is 23.3 Å². The van der Waals surface area contributed by atoms with Gasteiger partial charge in [-0.15, -0.1) is 6.42 Å². The molecule has 0 unspecified atom stereocenters. The molecule has 0 amide bonds. The van der Waals surface area contributed by atoms with Crippen molar-refractivity contribution in [2.75, 3.05) is 5.32 Å². The number of hydrogen-bond donors (Lipinski definition) is 1. The summed E-state index contributed by atoms with van der Waals surface area (Å²) >= 11 is 0. The highest BCUT2D eigenvalue weighted by Gasteiger charge is 2.28. The second-order valence-electron chi connectivity index (χ2n) is 3.84. The molecule has 17 heavy (non-hydrogen) atoms. The molecular weight excluding hydrogens is 241 g/mol. The van der Waals surface area contributed by atoms with Crippen LogP contribution in [0.1, 0.15) is 13.8 Å². The van der Waals surface area contributed by atoms with Crippen molar-refractivity contribution in [1.82, 2.24) is 0 Å². The Balaban J connectivity index is 3.41. The molecule has 0 spiro atoms. The second kappa shape index (κ2) is 4.24. The molecule has 0 atom stereocenters. The maximum atomic E-state index is 13.2. The predicted molar refractivity (Wildman–Crippen MR) is 52.8 cm³/mol. The quantitative estimate of drug-likeness (QED) is 0.367. The number of hydrogen-bond acceptors (Lipinski definition) is 1. The van der Waals surface area contributed by atoms with Crippen LogP contribution in [0.15, 0.2) is 0 Å². The Morgan fingerprint density at radius 3 is 1.59 bits per heavy atom. The summed E-state index contributed by atoms with van der Waals surface area (Å²) in [5.41, 5.74) is -2.39. The summed E-state index contributed by atoms with van der Waals surface area (Å²) in [4.78, 5) is 0. The SMILES string of the molecule is C#CC(C)(C)Nc1c(F)c(F)c(F)c(F)c1F. The molecular formula is C11H8F5N. The smallest absolute Gasteiger partial charge is 0.200 e. The van der Waals surface area contributed by atoms with Gasteiger partial charge in [-0.25, -0.2) is 22.0 Å². The maximum Gasteiger partial charge on any atom is 0.200 e. The molecule has 6 heteroatoms. The maximum absolute atomic E-state index is 13.2. The molecule has 1 N–H and O–H groups in total. The first-order chi connectivity index (χ1) is 7.71. The van der Waals surface area contributed by atoms with Crippen molar-refractivity contribution in [3.8, 4) is 12.3 Å². The van der Waals surface area contributed by atoms with Crippen molar-refractivity contribution < 1.29 is 22.0 Å². The summed E-state index contributed by atoms with van der Waals surface area (Å²) in [6.45, 7) is 2.70. The van der Waals surface area contributed by atoms with E-state index in [-0.39, 0.29) is 0 Å². The third kappa shape index (κ3) is 2.33. The van der Waals surface area contributed by atoms with E-state index in [4.69, 9.17) is 6.42 Å². The van der Waals surface area contributed by atoms with Gasteiger partial charge in [0.2, 0.25) is 5.82 Å². The molecule has 0 aliphatic carbocycles. The minimum Gasteiger partial charge on any atom is -0.365 e. The van der Waals surface area contributed by atoms with Crippen LogP contribution in [-0.4, -0.2) is 5.54 Å². The zero-order valence-corrected chi connectivity index (χ0v) is 8.97. The van der Waals surface area contributed by atoms with Crippen LogP contribution in [0, 0.1) is 41.4 Å². The lowest BCUT2D eigenvalue weighted by Gasteiger charge is -2.22. The third-order valence-corrected chi connectivity index (χ3v) is 2.01. The van der Waals surface area contributed by atoms with E-state index >= 15 is 0 Å². The normalized spacial score (nSPS) is 11.2. The third-order valence-electron chi connectivity index (χ3n) is 2.01. The fourth-order valence-corrected chi connectivity index (χ4v) is 1.06. The van der Waals surface area contributed by atoms with E-state index in [1.165, 1.54) is 13.8 Å². The van der Waals surface area contributed by atoms with E-state index in [0.29, 0.717) is 0 Å². The highest BCUT2D eigenvalue weighted by Crippen LogP contribution is 2.28. The minimum absolute atomic E-state index is 1.13. The molecule has 1 aromatic carbocycles. The lowest BCUT2D eigenvalue weighted by atomic mass is 10.1. The van der Waals surface area contributed by atoms with Crippen molar-refractivity contribution in [2.24, 2.45) is 0 Å². The molecule has 0 saturated carbocycles. The zero-order chi connectivity index (χ0) is 13.4. The molecule has 0 radical (unpaired) electrons. The Morgan fingerprint density at radius 2 is 1.24 bits per heavy atom. The lowest BCUT2D eigenvalue weighted by Crippen LogP contribution is -2.30. The molecule has 0 aliphatic rings. The van der Waals surface area contributed by atoms with Crippen LogP contribution < -0.4 is 5.32 Å². The largest absolute Gasteiger partial charge is 0.365 e. The molecule has 1 nitrogen and oxygen atoms in total. The van der Waals surface area contributed by atoms with Crippen LogP contribution in [0.25, 0.3) is 0 Å². The number of benzene rings is 1. The first kappa shape index (κ1) is 13.3. The Kier molecular flexibility index (Phi) is 3.32. The average Bonchev–Trinajstić information content (AvgIpc) is 2.30. The Morgan fingerprint density at radius 1 is 0.882 bits per heavy atom. The molecule has 0 aromatic heterocycles. The summed E-state index contributed by atoms with van der Waals surface area (Å²) in [5.74, 6) is -8.00. The number of terminal acetylenes is 1. The van der Waals surface area contributed by atoms with E-state index in [2.05, 4.69) is 11.2 Å². The van der Waals surface area contributed by atoms with Gasteiger partial charge in [-0.1, -0.05) is 5.92 Å². The summed E-state index contributed by atoms with van der Waals surface area (Å²) in [6.07, 6.45) is 5.04. The predicted octanol–water partition coefficient (Wildman–Crippen LogP) is 3.21. The monoisotopic (exact) mass is 249 g/mol. The molecule has 0 heterocycles. The summed E-state index contributed by atoms with van der Waals surface area (Å²) < 4.78 is 64.8. The summed E-state index contributed by atoms with van der Waals surface area (Å²) in [7, 11) is 0. The Hall–Kier alpha value is -1.77. The van der Waals surface area contributed by atoms with Crippen molar-refractivity contribution in [3.63, 3.8) is 0 Å². The molecule has 0 saturated heterocycles. The number of nitrogens with one attached hydrogen (secondary N) is 1. The average molecular weight is 249 g/mol. The van der Waals surface area contributed by atoms with Crippen LogP contribution in [-0.2, 0) is 0 Å². The fraction of sp³-hybridized carbons (Fsp3) is 0.273. The minimum atomic E-state index is -2.20. The molecule has 0 bridgehead atoms. The summed E-state index contributed by atoms with van der Waals surface area (Å²) in [6, 6.07) is 0. The second-order valence-corrected chi connectivity index (χ2v) is 3.84. The van der Waals surface area contributed by atoms with E-state index in [1.807, 2.05) is 0 Å². The van der Waals surface area contributed by atoms with Gasteiger partial charge in [-0.3, -0.25) is 0 Å². The van der Waals surface area contributed by atoms with E-state index in [1.54, 1.807) is 0 Å². The fourth-order valence-electron chi connectivity index (χ4n) is 1.06. The first-order valence-electron chi connectivity index (χ1n) is 4.48. The molecule has 1 aromatic rings. The van der Waals surface area contributed by atoms with Gasteiger partial charge in [0.25, 0.3) is 0 Å². The van der Waals surface area contributed by atoms with E-state index in [9.17, 15) is 22.0 Å². The highest BCUT2D eigenvalue weighted by atomic mass is 19.2. The standard InChI is InChI=1S/C11H8F5N/c1-4-11(2,3)17-10-8(15)6(13)5(12)7(14)9(10)16/h1,17H,2-3H3. The van der Waals surface area contributed by atoms with Crippen LogP contribution in [0.4, 0.5) is 27.6 Å². The first-order valence-corrected chi connectivity index (χ1v) is 4.48. The van der Waals surface area contributed by atoms with Gasteiger partial charge >= 0.3 is 0 Å². The van der Waals surface area contributed by atoms with Gasteiger partial charge in [-0.05, 0) is 13.8 Å². The van der Waals surface area contributed by atoms with Crippen LogP contribution in [0.3, 0.4) is 0 Å². The van der Waals surface area contributed by atoms with E-state index in [0.717, 1.165) is 0 Å². The van der Waals surface area contributed by atoms with Gasteiger partial charge < -0.3 is 5.32 Å². The highest BCUT2D eigenvalue weighted by molar-refractivity contribution is 5.51. The Bertz CT molecular complexity index is 473.